The van der Waals surface area contributed by atoms with E-state index in [2.05, 4.69) is 232 Å². The third-order valence-electron chi connectivity index (χ3n) is 17.0. The van der Waals surface area contributed by atoms with E-state index in [4.69, 9.17) is 4.74 Å². The summed E-state index contributed by atoms with van der Waals surface area (Å²) in [6.45, 7) is 15.5. The molecule has 2 aromatic heterocycles. The molecule has 16 rings (SSSR count). The van der Waals surface area contributed by atoms with Gasteiger partial charge in [0.15, 0.2) is 0 Å². The van der Waals surface area contributed by atoms with E-state index in [1.807, 2.05) is 0 Å². The van der Waals surface area contributed by atoms with E-state index in [9.17, 15) is 0 Å². The number of nitrogens with zero attached hydrogens (tertiary/aromatic N) is 3. The molecule has 6 heterocycles. The molecule has 4 nitrogen and oxygen atoms in total. The molecule has 0 atom stereocenters. The molecule has 0 saturated heterocycles. The molecule has 4 aliphatic heterocycles. The van der Waals surface area contributed by atoms with Crippen LogP contribution in [-0.2, 0) is 0 Å². The topological polar surface area (TPSA) is 22.3 Å². The number of benzene rings is 10. The van der Waals surface area contributed by atoms with E-state index in [-0.39, 0.29) is 13.4 Å². The van der Waals surface area contributed by atoms with Gasteiger partial charge >= 0.3 is 0 Å². The molecule has 0 amide bonds. The smallest absolute Gasteiger partial charge is 0.256 e. The number of hydrogen-bond acceptors (Lipinski definition) is 2. The third kappa shape index (κ3) is 5.48. The fourth-order valence-corrected chi connectivity index (χ4v) is 13.9. The molecule has 0 bridgehead atoms. The van der Waals surface area contributed by atoms with Crippen LogP contribution < -0.4 is 42.4 Å². The molecule has 12 aromatic rings. The van der Waals surface area contributed by atoms with Crippen LogP contribution in [0.2, 0.25) is 0 Å². The Balaban J connectivity index is 1.05. The van der Waals surface area contributed by atoms with Crippen LogP contribution in [0, 0.1) is 48.5 Å². The van der Waals surface area contributed by atoms with Gasteiger partial charge in [0.25, 0.3) is 13.4 Å². The largest absolute Gasteiger partial charge is 0.458 e. The average Bonchev–Trinajstić information content (AvgIpc) is 3.89. The molecule has 0 saturated carbocycles. The van der Waals surface area contributed by atoms with Crippen molar-refractivity contribution in [2.75, 3.05) is 4.90 Å². The Labute approximate surface area is 425 Å². The zero-order chi connectivity index (χ0) is 48.9. The van der Waals surface area contributed by atoms with E-state index in [1.54, 1.807) is 0 Å². The lowest BCUT2D eigenvalue weighted by atomic mass is 9.31. The first-order valence-corrected chi connectivity index (χ1v) is 25.9. The summed E-state index contributed by atoms with van der Waals surface area (Å²) in [5.74, 6) is 1.83. The minimum Gasteiger partial charge on any atom is -0.458 e. The standard InChI is InChI=1S/C67H49B2N3O/c1-36-16-20-45(21-17-36)70-58-35-62-53(69-55-29-40(5)27-51-49-25-38(3)19-23-57(49)72(67(51)55)61-32-44(33-63(73-62)65(61)69)47-15-11-9-13-42(47)7)34-52(58)68-54-28-39(4)26-50-48-24-37(2)18-22-56(48)71(66(50)54)60-31-43(30-59(70)64(60)68)46-14-10-8-12-41(46)6/h8-35H,1-7H3. The molecule has 0 N–H and O–H groups in total. The van der Waals surface area contributed by atoms with Crippen molar-refractivity contribution < 1.29 is 4.74 Å². The molecule has 73 heavy (non-hydrogen) atoms. The summed E-state index contributed by atoms with van der Waals surface area (Å²) in [6.07, 6.45) is 0. The molecule has 10 aromatic carbocycles. The van der Waals surface area contributed by atoms with Crippen LogP contribution in [0.4, 0.5) is 17.1 Å². The van der Waals surface area contributed by atoms with Crippen molar-refractivity contribution in [1.29, 1.82) is 0 Å². The highest BCUT2D eigenvalue weighted by Crippen LogP contribution is 2.47. The molecular weight excluding hydrogens is 884 g/mol. The first kappa shape index (κ1) is 41.2. The van der Waals surface area contributed by atoms with Crippen molar-refractivity contribution in [3.63, 3.8) is 0 Å². The molecule has 6 heteroatoms. The summed E-state index contributed by atoms with van der Waals surface area (Å²) in [5, 5.41) is 5.21. The number of anilines is 3. The van der Waals surface area contributed by atoms with Crippen LogP contribution in [0.5, 0.6) is 11.5 Å². The van der Waals surface area contributed by atoms with Gasteiger partial charge in [-0.15, -0.1) is 0 Å². The molecule has 0 radical (unpaired) electrons. The van der Waals surface area contributed by atoms with Crippen molar-refractivity contribution in [3.8, 4) is 45.1 Å². The Hall–Kier alpha value is -8.47. The molecule has 4 aliphatic rings. The van der Waals surface area contributed by atoms with Crippen molar-refractivity contribution in [2.24, 2.45) is 0 Å². The first-order valence-electron chi connectivity index (χ1n) is 25.9. The average molecular weight is 934 g/mol. The maximum absolute atomic E-state index is 7.59. The van der Waals surface area contributed by atoms with Gasteiger partial charge in [-0.05, 0) is 187 Å². The normalized spacial score (nSPS) is 13.4. The second-order valence-corrected chi connectivity index (χ2v) is 21.8. The van der Waals surface area contributed by atoms with Crippen LogP contribution in [-0.4, -0.2) is 22.6 Å². The predicted molar refractivity (Wildman–Crippen MR) is 310 cm³/mol. The third-order valence-corrected chi connectivity index (χ3v) is 17.0. The van der Waals surface area contributed by atoms with Gasteiger partial charge in [-0.2, -0.15) is 0 Å². The Morgan fingerprint density at radius 1 is 0.356 bits per heavy atom. The van der Waals surface area contributed by atoms with E-state index in [0.29, 0.717) is 0 Å². The zero-order valence-corrected chi connectivity index (χ0v) is 42.1. The van der Waals surface area contributed by atoms with Gasteiger partial charge < -0.3 is 18.8 Å². The number of rotatable bonds is 3. The second-order valence-electron chi connectivity index (χ2n) is 21.8. The molecular formula is C67H49B2N3O. The van der Waals surface area contributed by atoms with E-state index < -0.39 is 0 Å². The number of fused-ring (bicyclic) bond motifs is 14. The highest BCUT2D eigenvalue weighted by Gasteiger charge is 2.47. The maximum atomic E-state index is 7.59. The van der Waals surface area contributed by atoms with Gasteiger partial charge in [-0.1, -0.05) is 119 Å². The van der Waals surface area contributed by atoms with Crippen molar-refractivity contribution in [3.05, 3.63) is 209 Å². The second kappa shape index (κ2) is 14.4. The fraction of sp³-hybridized carbons (Fsp3) is 0.104. The highest BCUT2D eigenvalue weighted by molar-refractivity contribution is 7.02. The Morgan fingerprint density at radius 3 is 1.45 bits per heavy atom. The van der Waals surface area contributed by atoms with Crippen LogP contribution in [0.3, 0.4) is 0 Å². The predicted octanol–water partition coefficient (Wildman–Crippen LogP) is 12.9. The molecule has 0 aliphatic carbocycles. The lowest BCUT2D eigenvalue weighted by molar-refractivity contribution is 0.487. The van der Waals surface area contributed by atoms with Crippen LogP contribution in [0.1, 0.15) is 38.9 Å². The summed E-state index contributed by atoms with van der Waals surface area (Å²) < 4.78 is 12.8. The number of aromatic nitrogens is 2. The monoisotopic (exact) mass is 933 g/mol. The summed E-state index contributed by atoms with van der Waals surface area (Å²) in [5.41, 5.74) is 32.4. The minimum absolute atomic E-state index is 0.0573. The summed E-state index contributed by atoms with van der Waals surface area (Å²) in [7, 11) is 0. The van der Waals surface area contributed by atoms with Crippen LogP contribution >= 0.6 is 0 Å². The summed E-state index contributed by atoms with van der Waals surface area (Å²) in [4.78, 5) is 2.56. The van der Waals surface area contributed by atoms with Gasteiger partial charge in [-0.3, -0.25) is 0 Å². The fourth-order valence-electron chi connectivity index (χ4n) is 13.9. The van der Waals surface area contributed by atoms with Crippen LogP contribution in [0.15, 0.2) is 170 Å². The quantitative estimate of drug-likeness (QED) is 0.165. The van der Waals surface area contributed by atoms with Gasteiger partial charge in [0.2, 0.25) is 0 Å². The number of hydrogen-bond donors (Lipinski definition) is 0. The minimum atomic E-state index is -0.0713. The van der Waals surface area contributed by atoms with Gasteiger partial charge in [0.1, 0.15) is 11.5 Å². The van der Waals surface area contributed by atoms with E-state index in [1.165, 1.54) is 149 Å². The van der Waals surface area contributed by atoms with Crippen molar-refractivity contribution >= 4 is 107 Å². The highest BCUT2D eigenvalue weighted by atomic mass is 16.5. The SMILES string of the molecule is Cc1ccc(N2c3cc4c(cc3B3c5c2cc(-c2ccccc2C)cc5-n2c5ccc(C)cc5c5cc(C)cc3c52)B2c3c(cc(-c5ccccc5C)cc3-n3c5ccc(C)cc5c5cc(C)cc2c53)O4)cc1. The Kier molecular flexibility index (Phi) is 8.10. The number of ether oxygens (including phenoxy) is 1. The van der Waals surface area contributed by atoms with Gasteiger partial charge in [-0.25, -0.2) is 0 Å². The lowest BCUT2D eigenvalue weighted by Gasteiger charge is -2.42. The molecule has 0 unspecified atom stereocenters. The maximum Gasteiger partial charge on any atom is 0.256 e. The Morgan fingerprint density at radius 2 is 0.863 bits per heavy atom. The lowest BCUT2D eigenvalue weighted by Crippen LogP contribution is -2.63. The molecule has 344 valence electrons. The van der Waals surface area contributed by atoms with Gasteiger partial charge in [0, 0.05) is 67.1 Å². The molecule has 0 fully saturated rings. The summed E-state index contributed by atoms with van der Waals surface area (Å²) >= 11 is 0. The Bertz CT molecular complexity index is 4520. The van der Waals surface area contributed by atoms with Crippen LogP contribution in [0.25, 0.3) is 77.2 Å². The van der Waals surface area contributed by atoms with E-state index in [0.717, 1.165) is 28.4 Å². The number of aryl methyl sites for hydroxylation is 7. The summed E-state index contributed by atoms with van der Waals surface area (Å²) in [6, 6.07) is 65.3. The van der Waals surface area contributed by atoms with Gasteiger partial charge in [0.05, 0.1) is 11.0 Å². The van der Waals surface area contributed by atoms with Crippen molar-refractivity contribution in [1.82, 2.24) is 9.13 Å². The van der Waals surface area contributed by atoms with E-state index >= 15 is 0 Å². The zero-order valence-electron chi connectivity index (χ0n) is 42.1. The molecule has 0 spiro atoms. The van der Waals surface area contributed by atoms with Crippen molar-refractivity contribution in [2.45, 2.75) is 48.5 Å². The first-order chi connectivity index (χ1) is 35.6.